The van der Waals surface area contributed by atoms with Crippen LogP contribution < -0.4 is 5.32 Å². The number of piperidine rings is 1. The van der Waals surface area contributed by atoms with E-state index in [1.807, 2.05) is 19.1 Å². The van der Waals surface area contributed by atoms with Gasteiger partial charge in [-0.25, -0.2) is 22.8 Å². The average Bonchev–Trinajstić information content (AvgIpc) is 3.32. The second kappa shape index (κ2) is 8.79. The fourth-order valence-electron chi connectivity index (χ4n) is 4.16. The number of halogens is 1. The van der Waals surface area contributed by atoms with Crippen molar-refractivity contribution in [1.29, 1.82) is 0 Å². The Bertz CT molecular complexity index is 1420. The van der Waals surface area contributed by atoms with E-state index in [0.29, 0.717) is 34.4 Å². The monoisotopic (exact) mass is 481 g/mol. The predicted octanol–water partition coefficient (Wildman–Crippen LogP) is 3.31. The average molecular weight is 482 g/mol. The molecule has 3 N–H and O–H groups in total. The molecule has 10 heteroatoms. The largest absolute Gasteiger partial charge is 0.390 e. The molecule has 3 aromatic heterocycles. The van der Waals surface area contributed by atoms with Crippen LogP contribution in [0.4, 0.5) is 10.2 Å². The van der Waals surface area contributed by atoms with Crippen molar-refractivity contribution < 1.29 is 17.9 Å². The maximum Gasteiger partial charge on any atom is 0.243 e. The lowest BCUT2D eigenvalue weighted by Crippen LogP contribution is -2.51. The molecule has 1 aromatic carbocycles. The lowest BCUT2D eigenvalue weighted by molar-refractivity contribution is 0.0949. The summed E-state index contributed by atoms with van der Waals surface area (Å²) in [6.07, 6.45) is 4.32. The second-order valence-corrected chi connectivity index (χ2v) is 10.4. The van der Waals surface area contributed by atoms with Gasteiger partial charge in [-0.2, -0.15) is 4.31 Å². The number of pyridine rings is 2. The fraction of sp³-hybridized carbons (Fsp3) is 0.250. The lowest BCUT2D eigenvalue weighted by Gasteiger charge is -2.35. The van der Waals surface area contributed by atoms with Crippen LogP contribution in [0.2, 0.25) is 0 Å². The van der Waals surface area contributed by atoms with Crippen molar-refractivity contribution >= 4 is 26.9 Å². The summed E-state index contributed by atoms with van der Waals surface area (Å²) in [6.45, 7) is 2.17. The molecule has 0 unspecified atom stereocenters. The quantitative estimate of drug-likeness (QED) is 0.403. The first kappa shape index (κ1) is 22.5. The number of aromatic amines is 1. The molecule has 4 heterocycles. The number of fused-ring (bicyclic) bond motifs is 1. The number of aryl methyl sites for hydroxylation is 1. The van der Waals surface area contributed by atoms with Crippen molar-refractivity contribution in [2.24, 2.45) is 0 Å². The Labute approximate surface area is 196 Å². The summed E-state index contributed by atoms with van der Waals surface area (Å²) in [4.78, 5) is 11.5. The Hall–Kier alpha value is -3.34. The van der Waals surface area contributed by atoms with E-state index < -0.39 is 21.9 Å². The van der Waals surface area contributed by atoms with E-state index in [4.69, 9.17) is 0 Å². The standard InChI is InChI=1S/C24H24FN5O3S/c1-15-2-7-22(27-12-15)29-20-9-11-30(14-21(20)31)34(32,33)17-5-3-16(4-6-17)19-13-28-24-18(23(19)25)8-10-26-24/h2-8,10,12-13,20-21,31H,9,11,14H2,1H3,(H,26,28)(H,27,29)/t20-,21+/m1/s1. The minimum atomic E-state index is -3.82. The highest BCUT2D eigenvalue weighted by Gasteiger charge is 2.35. The van der Waals surface area contributed by atoms with Crippen LogP contribution in [0.15, 0.2) is 66.0 Å². The SMILES string of the molecule is Cc1ccc(N[C@@H]2CCN(S(=O)(=O)c3ccc(-c4cnc5[nH]ccc5c4F)cc3)C[C@@H]2O)nc1. The summed E-state index contributed by atoms with van der Waals surface area (Å²) in [6, 6.07) is 11.1. The number of aromatic nitrogens is 3. The van der Waals surface area contributed by atoms with Gasteiger partial charge in [0.1, 0.15) is 17.3 Å². The molecule has 5 rings (SSSR count). The van der Waals surface area contributed by atoms with Crippen LogP contribution in [-0.2, 0) is 10.0 Å². The minimum absolute atomic E-state index is 0.0314. The molecule has 0 aliphatic carbocycles. The summed E-state index contributed by atoms with van der Waals surface area (Å²) in [5.74, 6) is 0.226. The van der Waals surface area contributed by atoms with Gasteiger partial charge in [0, 0.05) is 37.2 Å². The molecule has 1 fully saturated rings. The number of anilines is 1. The van der Waals surface area contributed by atoms with Crippen molar-refractivity contribution in [2.75, 3.05) is 18.4 Å². The summed E-state index contributed by atoms with van der Waals surface area (Å²) < 4.78 is 42.5. The zero-order chi connectivity index (χ0) is 23.9. The molecule has 0 bridgehead atoms. The molecule has 1 aliphatic rings. The molecule has 0 radical (unpaired) electrons. The first-order chi connectivity index (χ1) is 16.3. The van der Waals surface area contributed by atoms with Gasteiger partial charge in [0.05, 0.1) is 22.4 Å². The Kier molecular flexibility index (Phi) is 5.80. The van der Waals surface area contributed by atoms with Crippen LogP contribution in [-0.4, -0.2) is 58.0 Å². The van der Waals surface area contributed by atoms with Gasteiger partial charge < -0.3 is 15.4 Å². The summed E-state index contributed by atoms with van der Waals surface area (Å²) in [5, 5.41) is 14.2. The van der Waals surface area contributed by atoms with Gasteiger partial charge in [0.15, 0.2) is 0 Å². The van der Waals surface area contributed by atoms with Crippen molar-refractivity contribution in [3.8, 4) is 11.1 Å². The molecular formula is C24H24FN5O3S. The van der Waals surface area contributed by atoms with Gasteiger partial charge in [-0.3, -0.25) is 0 Å². The second-order valence-electron chi connectivity index (χ2n) is 8.44. The van der Waals surface area contributed by atoms with Gasteiger partial charge in [-0.1, -0.05) is 18.2 Å². The number of H-pyrrole nitrogens is 1. The number of hydrogen-bond donors (Lipinski definition) is 3. The molecule has 0 amide bonds. The smallest absolute Gasteiger partial charge is 0.243 e. The number of benzene rings is 1. The third-order valence-electron chi connectivity index (χ3n) is 6.11. The maximum atomic E-state index is 14.8. The zero-order valence-corrected chi connectivity index (χ0v) is 19.3. The van der Waals surface area contributed by atoms with Crippen LogP contribution in [0.1, 0.15) is 12.0 Å². The highest BCUT2D eigenvalue weighted by molar-refractivity contribution is 7.89. The minimum Gasteiger partial charge on any atom is -0.390 e. The third-order valence-corrected chi connectivity index (χ3v) is 7.99. The van der Waals surface area contributed by atoms with Crippen LogP contribution in [0.3, 0.4) is 0 Å². The summed E-state index contributed by atoms with van der Waals surface area (Å²) >= 11 is 0. The normalized spacial score (nSPS) is 19.4. The van der Waals surface area contributed by atoms with E-state index in [1.165, 1.54) is 22.6 Å². The Morgan fingerprint density at radius 3 is 2.62 bits per heavy atom. The van der Waals surface area contributed by atoms with Crippen molar-refractivity contribution in [1.82, 2.24) is 19.3 Å². The van der Waals surface area contributed by atoms with E-state index in [-0.39, 0.29) is 24.0 Å². The maximum absolute atomic E-state index is 14.8. The van der Waals surface area contributed by atoms with E-state index in [1.54, 1.807) is 30.6 Å². The molecule has 0 spiro atoms. The van der Waals surface area contributed by atoms with Gasteiger partial charge in [-0.15, -0.1) is 0 Å². The van der Waals surface area contributed by atoms with E-state index in [9.17, 15) is 17.9 Å². The fourth-order valence-corrected chi connectivity index (χ4v) is 5.64. The number of nitrogens with zero attached hydrogens (tertiary/aromatic N) is 3. The Morgan fingerprint density at radius 1 is 1.12 bits per heavy atom. The van der Waals surface area contributed by atoms with E-state index in [2.05, 4.69) is 20.3 Å². The molecule has 4 aromatic rings. The highest BCUT2D eigenvalue weighted by atomic mass is 32.2. The van der Waals surface area contributed by atoms with Gasteiger partial charge >= 0.3 is 0 Å². The Balaban J connectivity index is 1.31. The van der Waals surface area contributed by atoms with Crippen LogP contribution in [0.5, 0.6) is 0 Å². The van der Waals surface area contributed by atoms with Gasteiger partial charge in [-0.05, 0) is 48.7 Å². The van der Waals surface area contributed by atoms with Gasteiger partial charge in [0.2, 0.25) is 10.0 Å². The molecule has 2 atom stereocenters. The number of sulfonamides is 1. The number of aliphatic hydroxyl groups is 1. The molecule has 34 heavy (non-hydrogen) atoms. The molecule has 176 valence electrons. The Morgan fingerprint density at radius 2 is 1.91 bits per heavy atom. The molecule has 0 saturated carbocycles. The van der Waals surface area contributed by atoms with Crippen LogP contribution in [0, 0.1) is 12.7 Å². The predicted molar refractivity (Wildman–Crippen MR) is 127 cm³/mol. The summed E-state index contributed by atoms with van der Waals surface area (Å²) in [7, 11) is -3.82. The molecule has 1 aliphatic heterocycles. The van der Waals surface area contributed by atoms with E-state index in [0.717, 1.165) is 5.56 Å². The highest BCUT2D eigenvalue weighted by Crippen LogP contribution is 2.29. The van der Waals surface area contributed by atoms with E-state index >= 15 is 0 Å². The molecule has 8 nitrogen and oxygen atoms in total. The third kappa shape index (κ3) is 4.15. The topological polar surface area (TPSA) is 111 Å². The number of aliphatic hydroxyl groups excluding tert-OH is 1. The first-order valence-electron chi connectivity index (χ1n) is 10.9. The number of nitrogens with one attached hydrogen (secondary N) is 2. The van der Waals surface area contributed by atoms with Crippen LogP contribution >= 0.6 is 0 Å². The van der Waals surface area contributed by atoms with Crippen molar-refractivity contribution in [2.45, 2.75) is 30.4 Å². The van der Waals surface area contributed by atoms with Gasteiger partial charge in [0.25, 0.3) is 0 Å². The molecular weight excluding hydrogens is 457 g/mol. The van der Waals surface area contributed by atoms with Crippen molar-refractivity contribution in [3.05, 3.63) is 72.4 Å². The first-order valence-corrected chi connectivity index (χ1v) is 12.4. The number of hydrogen-bond acceptors (Lipinski definition) is 6. The number of β-amino-alcohol motifs (C(OH)–C–C–N with tert-alkyl or cyclic N) is 1. The lowest BCUT2D eigenvalue weighted by atomic mass is 10.0. The summed E-state index contributed by atoms with van der Waals surface area (Å²) in [5.41, 5.74) is 2.31. The van der Waals surface area contributed by atoms with Crippen LogP contribution in [0.25, 0.3) is 22.2 Å². The number of rotatable bonds is 5. The zero-order valence-electron chi connectivity index (χ0n) is 18.4. The molecule has 1 saturated heterocycles. The van der Waals surface area contributed by atoms with Crippen molar-refractivity contribution in [3.63, 3.8) is 0 Å².